The Hall–Kier alpha value is -1.06. The predicted molar refractivity (Wildman–Crippen MR) is 102 cm³/mol. The van der Waals surface area contributed by atoms with E-state index in [1.807, 2.05) is 25.7 Å². The zero-order valence-electron chi connectivity index (χ0n) is 16.9. The fraction of sp³-hybridized carbons (Fsp3) is 0.909. The molecule has 146 valence electrons. The minimum absolute atomic E-state index is 0.232. The molecule has 2 amide bonds. The van der Waals surface area contributed by atoms with Gasteiger partial charge in [0.2, 0.25) is 11.8 Å². The number of nitrogens with zero attached hydrogens (tertiary/aromatic N) is 1. The Labute approximate surface area is 158 Å². The molecule has 4 nitrogen and oxygen atoms in total. The average molecular weight is 361 g/mol. The minimum atomic E-state index is -0.311. The lowest BCUT2D eigenvalue weighted by Crippen LogP contribution is -2.51. The molecule has 4 aliphatic carbocycles. The van der Waals surface area contributed by atoms with Crippen LogP contribution < -0.4 is 5.32 Å². The second-order valence-corrected chi connectivity index (χ2v) is 11.0. The van der Waals surface area contributed by atoms with Gasteiger partial charge in [-0.2, -0.15) is 0 Å². The van der Waals surface area contributed by atoms with Crippen molar-refractivity contribution in [3.8, 4) is 0 Å². The lowest BCUT2D eigenvalue weighted by atomic mass is 9.49. The van der Waals surface area contributed by atoms with Gasteiger partial charge in [0.05, 0.1) is 0 Å². The van der Waals surface area contributed by atoms with Crippen molar-refractivity contribution in [1.82, 2.24) is 10.2 Å². The number of nitrogens with one attached hydrogen (secondary N) is 1. The number of carbonyl (C=O) groups is 2. The van der Waals surface area contributed by atoms with Gasteiger partial charge in [0.1, 0.15) is 0 Å². The van der Waals surface area contributed by atoms with Gasteiger partial charge in [0.15, 0.2) is 0 Å². The van der Waals surface area contributed by atoms with E-state index in [0.717, 1.165) is 50.1 Å². The molecule has 0 aromatic rings. The summed E-state index contributed by atoms with van der Waals surface area (Å²) in [6.07, 6.45) is 10.7. The van der Waals surface area contributed by atoms with E-state index in [2.05, 4.69) is 5.32 Å². The molecular weight excluding hydrogens is 324 g/mol. The molecule has 0 spiro atoms. The Morgan fingerprint density at radius 2 is 1.46 bits per heavy atom. The van der Waals surface area contributed by atoms with Crippen LogP contribution in [0.1, 0.15) is 78.6 Å². The summed E-state index contributed by atoms with van der Waals surface area (Å²) in [7, 11) is 0. The number of piperidine rings is 1. The molecule has 0 aromatic carbocycles. The Morgan fingerprint density at radius 1 is 0.962 bits per heavy atom. The molecular formula is C22H36N2O2. The summed E-state index contributed by atoms with van der Waals surface area (Å²) in [5.41, 5.74) is 0.0102. The van der Waals surface area contributed by atoms with Crippen molar-refractivity contribution < 1.29 is 9.59 Å². The van der Waals surface area contributed by atoms with E-state index in [4.69, 9.17) is 0 Å². The maximum absolute atomic E-state index is 12.8. The number of carbonyl (C=O) groups excluding carboxylic acids is 2. The topological polar surface area (TPSA) is 49.4 Å². The van der Waals surface area contributed by atoms with Gasteiger partial charge in [-0.25, -0.2) is 0 Å². The molecule has 0 atom stereocenters. The van der Waals surface area contributed by atoms with E-state index in [1.165, 1.54) is 38.5 Å². The number of rotatable bonds is 3. The lowest BCUT2D eigenvalue weighted by Gasteiger charge is -2.56. The highest BCUT2D eigenvalue weighted by Gasteiger charge is 2.51. The van der Waals surface area contributed by atoms with Crippen LogP contribution >= 0.6 is 0 Å². The van der Waals surface area contributed by atoms with Crippen LogP contribution in [0.4, 0.5) is 0 Å². The van der Waals surface area contributed by atoms with Crippen LogP contribution in [0.15, 0.2) is 0 Å². The lowest BCUT2D eigenvalue weighted by molar-refractivity contribution is -0.140. The third-order valence-electron chi connectivity index (χ3n) is 7.49. The van der Waals surface area contributed by atoms with Gasteiger partial charge < -0.3 is 10.2 Å². The molecule has 1 saturated heterocycles. The summed E-state index contributed by atoms with van der Waals surface area (Å²) in [6, 6.07) is 0.250. The molecule has 1 N–H and O–H groups in total. The first-order valence-electron chi connectivity index (χ1n) is 10.8. The van der Waals surface area contributed by atoms with Gasteiger partial charge in [0, 0.05) is 31.0 Å². The van der Waals surface area contributed by atoms with Crippen LogP contribution in [0.5, 0.6) is 0 Å². The van der Waals surface area contributed by atoms with Crippen LogP contribution in [0.25, 0.3) is 0 Å². The summed E-state index contributed by atoms with van der Waals surface area (Å²) in [4.78, 5) is 27.2. The molecule has 0 radical (unpaired) electrons. The maximum Gasteiger partial charge on any atom is 0.227 e. The molecule has 1 aliphatic heterocycles. The zero-order chi connectivity index (χ0) is 18.5. The van der Waals surface area contributed by atoms with Crippen LogP contribution in [0.3, 0.4) is 0 Å². The van der Waals surface area contributed by atoms with Gasteiger partial charge >= 0.3 is 0 Å². The molecule has 4 heteroatoms. The molecule has 1 heterocycles. The zero-order valence-corrected chi connectivity index (χ0v) is 16.9. The standard InChI is InChI=1S/C22H36N2O2/c1-21(2,3)20(26)24-6-4-18(5-7-24)23-19(25)14-22-11-15-8-16(12-22)10-17(9-15)13-22/h15-18H,4-14H2,1-3H3,(H,23,25). The SMILES string of the molecule is CC(C)(C)C(=O)N1CCC(NC(=O)CC23CC4CC(CC(C4)C2)C3)CC1. The molecule has 0 aromatic heterocycles. The van der Waals surface area contributed by atoms with Crippen LogP contribution in [0.2, 0.25) is 0 Å². The van der Waals surface area contributed by atoms with Gasteiger partial charge in [-0.1, -0.05) is 20.8 Å². The molecule has 5 fully saturated rings. The normalized spacial score (nSPS) is 37.0. The van der Waals surface area contributed by atoms with Crippen molar-refractivity contribution in [2.45, 2.75) is 84.6 Å². The monoisotopic (exact) mass is 360 g/mol. The average Bonchev–Trinajstić information content (AvgIpc) is 2.52. The summed E-state index contributed by atoms with van der Waals surface area (Å²) >= 11 is 0. The third kappa shape index (κ3) is 3.66. The van der Waals surface area contributed by atoms with Crippen molar-refractivity contribution >= 4 is 11.8 Å². The van der Waals surface area contributed by atoms with Crippen LogP contribution in [-0.4, -0.2) is 35.8 Å². The number of likely N-dealkylation sites (tertiary alicyclic amines) is 1. The number of hydrogen-bond acceptors (Lipinski definition) is 2. The van der Waals surface area contributed by atoms with E-state index in [9.17, 15) is 9.59 Å². The molecule has 5 aliphatic rings. The first kappa shape index (κ1) is 18.3. The third-order valence-corrected chi connectivity index (χ3v) is 7.49. The van der Waals surface area contributed by atoms with Gasteiger partial charge in [-0.15, -0.1) is 0 Å². The predicted octanol–water partition coefficient (Wildman–Crippen LogP) is 3.75. The highest BCUT2D eigenvalue weighted by Crippen LogP contribution is 2.61. The van der Waals surface area contributed by atoms with Crippen molar-refractivity contribution in [2.24, 2.45) is 28.6 Å². The van der Waals surface area contributed by atoms with Gasteiger partial charge in [-0.05, 0) is 74.5 Å². The molecule has 0 unspecified atom stereocenters. The maximum atomic E-state index is 12.8. The first-order valence-corrected chi connectivity index (χ1v) is 10.8. The fourth-order valence-electron chi connectivity index (χ4n) is 6.83. The van der Waals surface area contributed by atoms with Gasteiger partial charge in [0.25, 0.3) is 0 Å². The summed E-state index contributed by atoms with van der Waals surface area (Å²) in [5, 5.41) is 3.32. The van der Waals surface area contributed by atoms with E-state index in [0.29, 0.717) is 5.41 Å². The Morgan fingerprint density at radius 3 is 1.92 bits per heavy atom. The highest BCUT2D eigenvalue weighted by atomic mass is 16.2. The molecule has 26 heavy (non-hydrogen) atoms. The Balaban J connectivity index is 1.27. The number of hydrogen-bond donors (Lipinski definition) is 1. The van der Waals surface area contributed by atoms with E-state index >= 15 is 0 Å². The van der Waals surface area contributed by atoms with Crippen molar-refractivity contribution in [2.75, 3.05) is 13.1 Å². The summed E-state index contributed by atoms with van der Waals surface area (Å²) in [6.45, 7) is 7.49. The Bertz CT molecular complexity index is 534. The quantitative estimate of drug-likeness (QED) is 0.833. The largest absolute Gasteiger partial charge is 0.353 e. The smallest absolute Gasteiger partial charge is 0.227 e. The van der Waals surface area contributed by atoms with Crippen LogP contribution in [0, 0.1) is 28.6 Å². The second-order valence-electron chi connectivity index (χ2n) is 11.0. The second kappa shape index (κ2) is 6.53. The first-order chi connectivity index (χ1) is 12.2. The summed E-state index contributed by atoms with van der Waals surface area (Å²) < 4.78 is 0. The highest BCUT2D eigenvalue weighted by molar-refractivity contribution is 5.81. The molecule has 4 bridgehead atoms. The number of amides is 2. The fourth-order valence-corrected chi connectivity index (χ4v) is 6.83. The summed E-state index contributed by atoms with van der Waals surface area (Å²) in [5.74, 6) is 3.21. The van der Waals surface area contributed by atoms with E-state index in [-0.39, 0.29) is 23.3 Å². The van der Waals surface area contributed by atoms with Gasteiger partial charge in [-0.3, -0.25) is 9.59 Å². The van der Waals surface area contributed by atoms with Crippen molar-refractivity contribution in [1.29, 1.82) is 0 Å². The minimum Gasteiger partial charge on any atom is -0.353 e. The molecule has 5 rings (SSSR count). The Kier molecular flexibility index (Phi) is 4.60. The molecule has 4 saturated carbocycles. The van der Waals surface area contributed by atoms with Crippen LogP contribution in [-0.2, 0) is 9.59 Å². The van der Waals surface area contributed by atoms with E-state index in [1.54, 1.807) is 0 Å². The van der Waals surface area contributed by atoms with Crippen molar-refractivity contribution in [3.63, 3.8) is 0 Å². The van der Waals surface area contributed by atoms with Crippen molar-refractivity contribution in [3.05, 3.63) is 0 Å². The van der Waals surface area contributed by atoms with E-state index < -0.39 is 0 Å².